The van der Waals surface area contributed by atoms with Crippen LogP contribution in [0.2, 0.25) is 0 Å². The topological polar surface area (TPSA) is 75.1 Å². The van der Waals surface area contributed by atoms with E-state index < -0.39 is 5.97 Å². The van der Waals surface area contributed by atoms with Gasteiger partial charge in [0.1, 0.15) is 5.82 Å². The van der Waals surface area contributed by atoms with Crippen LogP contribution in [0.5, 0.6) is 0 Å². The predicted molar refractivity (Wildman–Crippen MR) is 78.0 cm³/mol. The number of anilines is 1. The molecule has 0 unspecified atom stereocenters. The number of nitrogens with zero attached hydrogens (tertiary/aromatic N) is 2. The predicted octanol–water partition coefficient (Wildman–Crippen LogP) is 2.84. The number of rotatable bonds is 5. The van der Waals surface area contributed by atoms with Crippen LogP contribution in [-0.2, 0) is 6.42 Å². The first-order valence-electron chi connectivity index (χ1n) is 6.59. The van der Waals surface area contributed by atoms with Crippen molar-refractivity contribution in [3.05, 3.63) is 41.6 Å². The molecule has 2 aromatic rings. The molecule has 5 heteroatoms. The summed E-state index contributed by atoms with van der Waals surface area (Å²) >= 11 is 0. The third kappa shape index (κ3) is 3.12. The lowest BCUT2D eigenvalue weighted by Gasteiger charge is -2.07. The Morgan fingerprint density at radius 1 is 1.20 bits per heavy atom. The number of carboxylic acid groups (broad SMARTS) is 1. The van der Waals surface area contributed by atoms with Gasteiger partial charge < -0.3 is 10.4 Å². The molecule has 20 heavy (non-hydrogen) atoms. The third-order valence-corrected chi connectivity index (χ3v) is 2.92. The van der Waals surface area contributed by atoms with Gasteiger partial charge in [-0.05, 0) is 18.9 Å². The second-order valence-electron chi connectivity index (χ2n) is 4.35. The van der Waals surface area contributed by atoms with Crippen LogP contribution in [0.25, 0.3) is 11.4 Å². The molecule has 2 N–H and O–H groups in total. The monoisotopic (exact) mass is 271 g/mol. The Morgan fingerprint density at radius 2 is 1.90 bits per heavy atom. The van der Waals surface area contributed by atoms with E-state index in [4.69, 9.17) is 5.11 Å². The maximum atomic E-state index is 11.1. The van der Waals surface area contributed by atoms with E-state index in [0.717, 1.165) is 12.0 Å². The maximum absolute atomic E-state index is 11.1. The molecule has 0 aliphatic rings. The molecule has 0 spiro atoms. The van der Waals surface area contributed by atoms with E-state index in [1.807, 2.05) is 31.2 Å². The smallest absolute Gasteiger partial charge is 0.354 e. The van der Waals surface area contributed by atoms with Gasteiger partial charge in [-0.2, -0.15) is 0 Å². The van der Waals surface area contributed by atoms with Crippen molar-refractivity contribution in [2.24, 2.45) is 0 Å². The SMILES string of the molecule is CCNc1cc(C(=O)O)nc(-c2ccc(CC)cc2)n1. The molecule has 0 saturated heterocycles. The van der Waals surface area contributed by atoms with Gasteiger partial charge in [0.05, 0.1) is 0 Å². The minimum atomic E-state index is -1.06. The van der Waals surface area contributed by atoms with E-state index >= 15 is 0 Å². The van der Waals surface area contributed by atoms with Crippen LogP contribution in [0.15, 0.2) is 30.3 Å². The van der Waals surface area contributed by atoms with E-state index in [1.54, 1.807) is 0 Å². The third-order valence-electron chi connectivity index (χ3n) is 2.92. The van der Waals surface area contributed by atoms with Gasteiger partial charge in [-0.3, -0.25) is 0 Å². The molecule has 0 bridgehead atoms. The summed E-state index contributed by atoms with van der Waals surface area (Å²) in [6, 6.07) is 9.26. The summed E-state index contributed by atoms with van der Waals surface area (Å²) in [5.41, 5.74) is 2.02. The number of benzene rings is 1. The second-order valence-corrected chi connectivity index (χ2v) is 4.35. The van der Waals surface area contributed by atoms with E-state index in [1.165, 1.54) is 11.6 Å². The molecule has 0 aliphatic heterocycles. The van der Waals surface area contributed by atoms with E-state index in [2.05, 4.69) is 22.2 Å². The first-order chi connectivity index (χ1) is 9.63. The number of carboxylic acids is 1. The Bertz CT molecular complexity index is 609. The number of hydrogen-bond acceptors (Lipinski definition) is 4. The number of aromatic nitrogens is 2. The zero-order chi connectivity index (χ0) is 14.5. The Labute approximate surface area is 117 Å². The van der Waals surface area contributed by atoms with Gasteiger partial charge >= 0.3 is 5.97 Å². The second kappa shape index (κ2) is 6.14. The Kier molecular flexibility index (Phi) is 4.30. The zero-order valence-corrected chi connectivity index (χ0v) is 11.6. The molecule has 1 heterocycles. The molecule has 0 aliphatic carbocycles. The quantitative estimate of drug-likeness (QED) is 0.874. The summed E-state index contributed by atoms with van der Waals surface area (Å²) in [7, 11) is 0. The van der Waals surface area contributed by atoms with Crippen LogP contribution in [0.4, 0.5) is 5.82 Å². The highest BCUT2D eigenvalue weighted by molar-refractivity contribution is 5.87. The van der Waals surface area contributed by atoms with Crippen LogP contribution in [-0.4, -0.2) is 27.6 Å². The molecular formula is C15H17N3O2. The van der Waals surface area contributed by atoms with Crippen LogP contribution in [0.3, 0.4) is 0 Å². The summed E-state index contributed by atoms with van der Waals surface area (Å²) in [6.45, 7) is 4.68. The highest BCUT2D eigenvalue weighted by atomic mass is 16.4. The van der Waals surface area contributed by atoms with E-state index in [0.29, 0.717) is 18.2 Å². The number of hydrogen-bond donors (Lipinski definition) is 2. The van der Waals surface area contributed by atoms with Crippen molar-refractivity contribution < 1.29 is 9.90 Å². The molecule has 0 fully saturated rings. The first-order valence-corrected chi connectivity index (χ1v) is 6.59. The minimum Gasteiger partial charge on any atom is -0.477 e. The van der Waals surface area contributed by atoms with Crippen LogP contribution in [0.1, 0.15) is 29.9 Å². The van der Waals surface area contributed by atoms with Crippen molar-refractivity contribution in [2.75, 3.05) is 11.9 Å². The first kappa shape index (κ1) is 14.0. The lowest BCUT2D eigenvalue weighted by molar-refractivity contribution is 0.0690. The standard InChI is InChI=1S/C15H17N3O2/c1-3-10-5-7-11(8-6-10)14-17-12(15(19)20)9-13(18-14)16-4-2/h5-9H,3-4H2,1-2H3,(H,19,20)(H,16,17,18). The van der Waals surface area contributed by atoms with Gasteiger partial charge in [0.2, 0.25) is 0 Å². The van der Waals surface area contributed by atoms with Crippen molar-refractivity contribution in [1.82, 2.24) is 9.97 Å². The maximum Gasteiger partial charge on any atom is 0.354 e. The molecule has 0 amide bonds. The summed E-state index contributed by atoms with van der Waals surface area (Å²) in [5, 5.41) is 12.1. The van der Waals surface area contributed by atoms with Crippen LogP contribution < -0.4 is 5.32 Å². The fourth-order valence-electron chi connectivity index (χ4n) is 1.85. The van der Waals surface area contributed by atoms with Crippen molar-refractivity contribution in [3.8, 4) is 11.4 Å². The Balaban J connectivity index is 2.45. The number of carbonyl (C=O) groups is 1. The fourth-order valence-corrected chi connectivity index (χ4v) is 1.85. The average Bonchev–Trinajstić information content (AvgIpc) is 2.47. The normalized spacial score (nSPS) is 10.3. The van der Waals surface area contributed by atoms with Crippen molar-refractivity contribution >= 4 is 11.8 Å². The van der Waals surface area contributed by atoms with E-state index in [9.17, 15) is 4.79 Å². The highest BCUT2D eigenvalue weighted by Crippen LogP contribution is 2.19. The lowest BCUT2D eigenvalue weighted by atomic mass is 10.1. The summed E-state index contributed by atoms with van der Waals surface area (Å²) in [5.74, 6) is -0.115. The molecule has 1 aromatic heterocycles. The van der Waals surface area contributed by atoms with Gasteiger partial charge in [-0.15, -0.1) is 0 Å². The Morgan fingerprint density at radius 3 is 2.45 bits per heavy atom. The fraction of sp³-hybridized carbons (Fsp3) is 0.267. The average molecular weight is 271 g/mol. The molecule has 0 atom stereocenters. The summed E-state index contributed by atoms with van der Waals surface area (Å²) in [6.07, 6.45) is 0.957. The van der Waals surface area contributed by atoms with Crippen molar-refractivity contribution in [3.63, 3.8) is 0 Å². The van der Waals surface area contributed by atoms with Gasteiger partial charge in [0.15, 0.2) is 11.5 Å². The molecule has 2 rings (SSSR count). The number of aromatic carboxylic acids is 1. The van der Waals surface area contributed by atoms with Gasteiger partial charge in [0.25, 0.3) is 0 Å². The molecule has 0 saturated carbocycles. The van der Waals surface area contributed by atoms with E-state index in [-0.39, 0.29) is 5.69 Å². The number of nitrogens with one attached hydrogen (secondary N) is 1. The van der Waals surface area contributed by atoms with Gasteiger partial charge in [0, 0.05) is 18.2 Å². The molecule has 1 aromatic carbocycles. The molecular weight excluding hydrogens is 254 g/mol. The zero-order valence-electron chi connectivity index (χ0n) is 11.6. The van der Waals surface area contributed by atoms with Crippen LogP contribution in [0, 0.1) is 0 Å². The van der Waals surface area contributed by atoms with Gasteiger partial charge in [-0.1, -0.05) is 31.2 Å². The molecule has 5 nitrogen and oxygen atoms in total. The molecule has 104 valence electrons. The Hall–Kier alpha value is -2.43. The highest BCUT2D eigenvalue weighted by Gasteiger charge is 2.11. The molecule has 0 radical (unpaired) electrons. The van der Waals surface area contributed by atoms with Crippen molar-refractivity contribution in [1.29, 1.82) is 0 Å². The largest absolute Gasteiger partial charge is 0.477 e. The van der Waals surface area contributed by atoms with Gasteiger partial charge in [-0.25, -0.2) is 14.8 Å². The summed E-state index contributed by atoms with van der Waals surface area (Å²) < 4.78 is 0. The van der Waals surface area contributed by atoms with Crippen LogP contribution >= 0.6 is 0 Å². The van der Waals surface area contributed by atoms with Crippen molar-refractivity contribution in [2.45, 2.75) is 20.3 Å². The lowest BCUT2D eigenvalue weighted by Crippen LogP contribution is -2.07. The summed E-state index contributed by atoms with van der Waals surface area (Å²) in [4.78, 5) is 19.6. The minimum absolute atomic E-state index is 0.00878. The number of aryl methyl sites for hydroxylation is 1.